The number of hydrogen-bond donors (Lipinski definition) is 1. The van der Waals surface area contributed by atoms with Gasteiger partial charge in [-0.1, -0.05) is 54.0 Å². The molecule has 3 nitrogen and oxygen atoms in total. The molecule has 0 radical (unpaired) electrons. The molecule has 0 heterocycles. The zero-order valence-electron chi connectivity index (χ0n) is 13.2. The molecule has 0 aliphatic rings. The predicted octanol–water partition coefficient (Wildman–Crippen LogP) is 3.71. The van der Waals surface area contributed by atoms with Crippen LogP contribution in [0.5, 0.6) is 0 Å². The molecular weight excluding hydrogens is 328 g/mol. The van der Waals surface area contributed by atoms with E-state index in [0.717, 1.165) is 43.4 Å². The van der Waals surface area contributed by atoms with Crippen LogP contribution in [0.3, 0.4) is 0 Å². The summed E-state index contributed by atoms with van der Waals surface area (Å²) in [6.07, 6.45) is 2.61. The summed E-state index contributed by atoms with van der Waals surface area (Å²) < 4.78 is 0. The van der Waals surface area contributed by atoms with Crippen molar-refractivity contribution in [2.24, 2.45) is 0 Å². The van der Waals surface area contributed by atoms with Gasteiger partial charge < -0.3 is 5.32 Å². The van der Waals surface area contributed by atoms with Crippen molar-refractivity contribution < 1.29 is 4.79 Å². The summed E-state index contributed by atoms with van der Waals surface area (Å²) in [6.45, 7) is 8.13. The Morgan fingerprint density at radius 1 is 1.10 bits per heavy atom. The molecule has 0 bridgehead atoms. The van der Waals surface area contributed by atoms with Crippen molar-refractivity contribution in [1.29, 1.82) is 0 Å². The number of alkyl halides is 1. The number of carbonyl (C=O) groups excluding carboxylic acids is 1. The van der Waals surface area contributed by atoms with E-state index >= 15 is 0 Å². The van der Waals surface area contributed by atoms with Crippen LogP contribution in [0.15, 0.2) is 24.3 Å². The molecule has 1 N–H and O–H groups in total. The number of halogens is 1. The van der Waals surface area contributed by atoms with Crippen LogP contribution in [0.2, 0.25) is 0 Å². The fraction of sp³-hybridized carbons (Fsp3) is 0.588. The second-order valence-corrected chi connectivity index (χ2v) is 5.99. The van der Waals surface area contributed by atoms with Gasteiger partial charge in [-0.3, -0.25) is 9.69 Å². The van der Waals surface area contributed by atoms with Gasteiger partial charge in [0.1, 0.15) is 0 Å². The molecule has 0 fully saturated rings. The smallest absolute Gasteiger partial charge is 0.220 e. The topological polar surface area (TPSA) is 32.3 Å². The summed E-state index contributed by atoms with van der Waals surface area (Å²) in [5.41, 5.74) is 2.48. The maximum absolute atomic E-state index is 11.6. The molecule has 1 aromatic carbocycles. The summed E-state index contributed by atoms with van der Waals surface area (Å²) in [4.78, 5) is 14.0. The molecule has 0 saturated carbocycles. The van der Waals surface area contributed by atoms with Crippen molar-refractivity contribution in [3.63, 3.8) is 0 Å². The number of hydrogen-bond acceptors (Lipinski definition) is 2. The number of amides is 1. The third kappa shape index (κ3) is 7.63. The number of unbranched alkanes of at least 4 members (excludes halogenated alkanes) is 1. The minimum Gasteiger partial charge on any atom is -0.352 e. The van der Waals surface area contributed by atoms with Crippen molar-refractivity contribution >= 4 is 21.8 Å². The lowest BCUT2D eigenvalue weighted by Gasteiger charge is -2.18. The van der Waals surface area contributed by atoms with Gasteiger partial charge >= 0.3 is 0 Å². The Morgan fingerprint density at radius 3 is 2.29 bits per heavy atom. The highest BCUT2D eigenvalue weighted by Crippen LogP contribution is 2.08. The summed E-state index contributed by atoms with van der Waals surface area (Å²) in [5.74, 6) is 0.142. The van der Waals surface area contributed by atoms with E-state index in [1.165, 1.54) is 5.56 Å². The van der Waals surface area contributed by atoms with Gasteiger partial charge in [-0.2, -0.15) is 0 Å². The van der Waals surface area contributed by atoms with Gasteiger partial charge in [0, 0.05) is 24.8 Å². The van der Waals surface area contributed by atoms with E-state index in [1.54, 1.807) is 0 Å². The first-order valence-electron chi connectivity index (χ1n) is 7.82. The highest BCUT2D eigenvalue weighted by Gasteiger charge is 2.03. The number of nitrogens with one attached hydrogen (secondary N) is 1. The molecule has 0 aliphatic heterocycles. The molecule has 1 rings (SSSR count). The third-order valence-corrected chi connectivity index (χ3v) is 4.16. The molecule has 0 atom stereocenters. The van der Waals surface area contributed by atoms with E-state index in [1.807, 2.05) is 0 Å². The van der Waals surface area contributed by atoms with E-state index in [4.69, 9.17) is 0 Å². The lowest BCUT2D eigenvalue weighted by molar-refractivity contribution is -0.121. The minimum absolute atomic E-state index is 0.142. The van der Waals surface area contributed by atoms with Crippen molar-refractivity contribution in [3.8, 4) is 0 Å². The van der Waals surface area contributed by atoms with Crippen LogP contribution in [0.25, 0.3) is 0 Å². The van der Waals surface area contributed by atoms with E-state index < -0.39 is 0 Å². The molecule has 0 saturated heterocycles. The predicted molar refractivity (Wildman–Crippen MR) is 92.6 cm³/mol. The molecule has 0 aromatic heterocycles. The molecule has 4 heteroatoms. The molecule has 21 heavy (non-hydrogen) atoms. The quantitative estimate of drug-likeness (QED) is 0.513. The fourth-order valence-corrected chi connectivity index (χ4v) is 2.53. The first-order valence-corrected chi connectivity index (χ1v) is 8.94. The molecule has 0 spiro atoms. The SMILES string of the molecule is CCN(CC)Cc1ccc(CNC(=O)CCCCBr)cc1. The molecule has 0 unspecified atom stereocenters. The van der Waals surface area contributed by atoms with E-state index in [0.29, 0.717) is 13.0 Å². The number of rotatable bonds is 10. The summed E-state index contributed by atoms with van der Waals surface area (Å²) in [7, 11) is 0. The van der Waals surface area contributed by atoms with Gasteiger partial charge in [-0.05, 0) is 37.1 Å². The Morgan fingerprint density at radius 2 is 1.71 bits per heavy atom. The normalized spacial score (nSPS) is 10.9. The number of carbonyl (C=O) groups is 1. The standard InChI is InChI=1S/C17H27BrN2O/c1-3-20(4-2)14-16-10-8-15(9-11-16)13-19-17(21)7-5-6-12-18/h8-11H,3-7,12-14H2,1-2H3,(H,19,21). The van der Waals surface area contributed by atoms with Gasteiger partial charge in [0.15, 0.2) is 0 Å². The number of nitrogens with zero attached hydrogens (tertiary/aromatic N) is 1. The van der Waals surface area contributed by atoms with E-state index in [9.17, 15) is 4.79 Å². The molecule has 0 aliphatic carbocycles. The average Bonchev–Trinajstić information content (AvgIpc) is 2.52. The van der Waals surface area contributed by atoms with E-state index in [2.05, 4.69) is 64.3 Å². The lowest BCUT2D eigenvalue weighted by Crippen LogP contribution is -2.23. The summed E-state index contributed by atoms with van der Waals surface area (Å²) in [5, 5.41) is 3.94. The first-order chi connectivity index (χ1) is 10.2. The van der Waals surface area contributed by atoms with E-state index in [-0.39, 0.29) is 5.91 Å². The Kier molecular flexibility index (Phi) is 9.35. The maximum Gasteiger partial charge on any atom is 0.220 e. The maximum atomic E-state index is 11.6. The fourth-order valence-electron chi connectivity index (χ4n) is 2.14. The second kappa shape index (κ2) is 10.8. The Balaban J connectivity index is 2.35. The average molecular weight is 355 g/mol. The Labute approximate surface area is 137 Å². The minimum atomic E-state index is 0.142. The highest BCUT2D eigenvalue weighted by molar-refractivity contribution is 9.09. The molecule has 118 valence electrons. The third-order valence-electron chi connectivity index (χ3n) is 3.60. The Bertz CT molecular complexity index is 402. The number of benzene rings is 1. The zero-order chi connectivity index (χ0) is 15.5. The van der Waals surface area contributed by atoms with Gasteiger partial charge in [-0.25, -0.2) is 0 Å². The monoisotopic (exact) mass is 354 g/mol. The van der Waals surface area contributed by atoms with Crippen LogP contribution >= 0.6 is 15.9 Å². The van der Waals surface area contributed by atoms with Crippen LogP contribution in [0.4, 0.5) is 0 Å². The van der Waals surface area contributed by atoms with Crippen LogP contribution in [-0.4, -0.2) is 29.2 Å². The van der Waals surface area contributed by atoms with Crippen LogP contribution in [-0.2, 0) is 17.9 Å². The van der Waals surface area contributed by atoms with Gasteiger partial charge in [0.25, 0.3) is 0 Å². The van der Waals surface area contributed by atoms with Crippen molar-refractivity contribution in [3.05, 3.63) is 35.4 Å². The summed E-state index contributed by atoms with van der Waals surface area (Å²) >= 11 is 3.37. The first kappa shape index (κ1) is 18.2. The zero-order valence-corrected chi connectivity index (χ0v) is 14.8. The molecule has 1 aromatic rings. The van der Waals surface area contributed by atoms with Crippen molar-refractivity contribution in [1.82, 2.24) is 10.2 Å². The van der Waals surface area contributed by atoms with Crippen LogP contribution in [0, 0.1) is 0 Å². The molecule has 1 amide bonds. The largest absolute Gasteiger partial charge is 0.352 e. The van der Waals surface area contributed by atoms with Crippen LogP contribution in [0.1, 0.15) is 44.2 Å². The van der Waals surface area contributed by atoms with Gasteiger partial charge in [0.2, 0.25) is 5.91 Å². The summed E-state index contributed by atoms with van der Waals surface area (Å²) in [6, 6.07) is 8.53. The van der Waals surface area contributed by atoms with Crippen LogP contribution < -0.4 is 5.32 Å². The second-order valence-electron chi connectivity index (χ2n) is 5.20. The van der Waals surface area contributed by atoms with Crippen molar-refractivity contribution in [2.45, 2.75) is 46.2 Å². The lowest BCUT2D eigenvalue weighted by atomic mass is 10.1. The Hall–Kier alpha value is -0.870. The van der Waals surface area contributed by atoms with Gasteiger partial charge in [-0.15, -0.1) is 0 Å². The highest BCUT2D eigenvalue weighted by atomic mass is 79.9. The van der Waals surface area contributed by atoms with Crippen molar-refractivity contribution in [2.75, 3.05) is 18.4 Å². The molecular formula is C17H27BrN2O. The van der Waals surface area contributed by atoms with Gasteiger partial charge in [0.05, 0.1) is 0 Å².